The summed E-state index contributed by atoms with van der Waals surface area (Å²) in [6, 6.07) is 17.4. The van der Waals surface area contributed by atoms with Crippen LogP contribution >= 0.6 is 0 Å². The maximum Gasteiger partial charge on any atom is 0.304 e. The Hall–Kier alpha value is -3.47. The van der Waals surface area contributed by atoms with Crippen molar-refractivity contribution in [3.05, 3.63) is 89.2 Å². The Bertz CT molecular complexity index is 1060. The van der Waals surface area contributed by atoms with E-state index in [4.69, 9.17) is 14.5 Å². The Morgan fingerprint density at radius 1 is 1.00 bits per heavy atom. The van der Waals surface area contributed by atoms with Crippen molar-refractivity contribution >= 4 is 17.4 Å². The van der Waals surface area contributed by atoms with E-state index in [1.165, 1.54) is 6.92 Å². The normalized spacial score (nSPS) is 17.6. The number of aliphatic imine (C=N–C) groups is 1. The minimum Gasteiger partial charge on any atom is -0.497 e. The summed E-state index contributed by atoms with van der Waals surface area (Å²) in [5.41, 5.74) is 3.83. The first-order chi connectivity index (χ1) is 13.5. The van der Waals surface area contributed by atoms with Gasteiger partial charge in [0.25, 0.3) is 0 Å². The molecule has 1 atom stereocenters. The molecule has 0 saturated heterocycles. The lowest BCUT2D eigenvalue weighted by Crippen LogP contribution is -2.39. The van der Waals surface area contributed by atoms with E-state index in [1.54, 1.807) is 19.5 Å². The van der Waals surface area contributed by atoms with E-state index in [2.05, 4.69) is 4.98 Å². The van der Waals surface area contributed by atoms with Gasteiger partial charge in [0.1, 0.15) is 11.5 Å². The van der Waals surface area contributed by atoms with E-state index in [0.717, 1.165) is 28.0 Å². The molecule has 0 bridgehead atoms. The zero-order chi connectivity index (χ0) is 19.7. The number of ether oxygens (including phenoxy) is 2. The van der Waals surface area contributed by atoms with Crippen molar-refractivity contribution in [3.63, 3.8) is 0 Å². The van der Waals surface area contributed by atoms with Crippen LogP contribution in [0.25, 0.3) is 0 Å². The van der Waals surface area contributed by atoms with Gasteiger partial charge >= 0.3 is 5.97 Å². The highest BCUT2D eigenvalue weighted by molar-refractivity contribution is 6.14. The Kier molecular flexibility index (Phi) is 4.43. The topological polar surface area (TPSA) is 60.8 Å². The summed E-state index contributed by atoms with van der Waals surface area (Å²) in [7, 11) is 1.62. The molecule has 0 N–H and O–H groups in total. The number of hydrogen-bond acceptors (Lipinski definition) is 5. The summed E-state index contributed by atoms with van der Waals surface area (Å²) < 4.78 is 11.3. The van der Waals surface area contributed by atoms with Gasteiger partial charge in [-0.3, -0.25) is 9.78 Å². The predicted octanol–water partition coefficient (Wildman–Crippen LogP) is 4.34. The number of nitrogens with zero attached hydrogens (tertiary/aromatic N) is 2. The maximum atomic E-state index is 12.2. The Morgan fingerprint density at radius 2 is 1.71 bits per heavy atom. The van der Waals surface area contributed by atoms with Crippen LogP contribution in [0.4, 0.5) is 5.69 Å². The fourth-order valence-electron chi connectivity index (χ4n) is 3.57. The number of hydrogen-bond donors (Lipinski definition) is 0. The van der Waals surface area contributed by atoms with E-state index in [-0.39, 0.29) is 5.97 Å². The molecule has 1 unspecified atom stereocenters. The molecule has 2 heterocycles. The lowest BCUT2D eigenvalue weighted by Gasteiger charge is -2.32. The summed E-state index contributed by atoms with van der Waals surface area (Å²) in [6.45, 7) is 3.44. The SMILES string of the molecule is COc1ccc(C2(OC(C)=O)C(c3ccc(C)cc3)=Nc3cnccc32)cc1. The predicted molar refractivity (Wildman–Crippen MR) is 107 cm³/mol. The molecule has 3 aromatic rings. The van der Waals surface area contributed by atoms with E-state index in [9.17, 15) is 4.79 Å². The summed E-state index contributed by atoms with van der Waals surface area (Å²) in [5, 5.41) is 0. The smallest absolute Gasteiger partial charge is 0.304 e. The highest BCUT2D eigenvalue weighted by atomic mass is 16.6. The summed E-state index contributed by atoms with van der Waals surface area (Å²) in [4.78, 5) is 21.2. The summed E-state index contributed by atoms with van der Waals surface area (Å²) >= 11 is 0. The van der Waals surface area contributed by atoms with E-state index in [1.807, 2.05) is 61.5 Å². The number of esters is 1. The number of carbonyl (C=O) groups excluding carboxylic acids is 1. The molecule has 0 fully saturated rings. The fraction of sp³-hybridized carbons (Fsp3) is 0.174. The van der Waals surface area contributed by atoms with Crippen LogP contribution in [0.3, 0.4) is 0 Å². The van der Waals surface area contributed by atoms with Crippen LogP contribution in [-0.2, 0) is 15.1 Å². The average molecular weight is 372 g/mol. The van der Waals surface area contributed by atoms with Crippen LogP contribution in [0.5, 0.6) is 5.75 Å². The summed E-state index contributed by atoms with van der Waals surface area (Å²) in [6.07, 6.45) is 3.38. The monoisotopic (exact) mass is 372 g/mol. The molecule has 4 rings (SSSR count). The Labute approximate surface area is 163 Å². The van der Waals surface area contributed by atoms with Gasteiger partial charge in [0, 0.05) is 29.8 Å². The number of methoxy groups -OCH3 is 1. The van der Waals surface area contributed by atoms with Crippen molar-refractivity contribution in [2.45, 2.75) is 19.4 Å². The third kappa shape index (κ3) is 2.85. The van der Waals surface area contributed by atoms with Crippen molar-refractivity contribution in [2.75, 3.05) is 7.11 Å². The molecule has 0 amide bonds. The van der Waals surface area contributed by atoms with E-state index < -0.39 is 5.60 Å². The zero-order valence-electron chi connectivity index (χ0n) is 16.0. The highest BCUT2D eigenvalue weighted by Gasteiger charge is 2.49. The first-order valence-corrected chi connectivity index (χ1v) is 8.99. The minimum absolute atomic E-state index is 0.389. The minimum atomic E-state index is -1.15. The number of fused-ring (bicyclic) bond motifs is 1. The Morgan fingerprint density at radius 3 is 2.36 bits per heavy atom. The van der Waals surface area contributed by atoms with Gasteiger partial charge in [-0.1, -0.05) is 42.0 Å². The molecule has 0 radical (unpaired) electrons. The van der Waals surface area contributed by atoms with Crippen LogP contribution in [-0.4, -0.2) is 23.8 Å². The number of pyridine rings is 1. The third-order valence-electron chi connectivity index (χ3n) is 4.86. The quantitative estimate of drug-likeness (QED) is 0.639. The van der Waals surface area contributed by atoms with Crippen LogP contribution in [0, 0.1) is 6.92 Å². The number of rotatable bonds is 4. The molecule has 0 aliphatic carbocycles. The molecule has 2 aromatic carbocycles. The largest absolute Gasteiger partial charge is 0.497 e. The average Bonchev–Trinajstić information content (AvgIpc) is 3.03. The number of carbonyl (C=O) groups is 1. The Balaban J connectivity index is 1.99. The van der Waals surface area contributed by atoms with Gasteiger partial charge in [-0.15, -0.1) is 0 Å². The fourth-order valence-corrected chi connectivity index (χ4v) is 3.57. The second kappa shape index (κ2) is 6.93. The van der Waals surface area contributed by atoms with Crippen molar-refractivity contribution in [3.8, 4) is 5.75 Å². The van der Waals surface area contributed by atoms with E-state index in [0.29, 0.717) is 11.4 Å². The van der Waals surface area contributed by atoms with Crippen LogP contribution < -0.4 is 4.74 Å². The van der Waals surface area contributed by atoms with Crippen molar-refractivity contribution in [1.29, 1.82) is 0 Å². The lowest BCUT2D eigenvalue weighted by molar-refractivity contribution is -0.148. The van der Waals surface area contributed by atoms with Gasteiger partial charge in [0.05, 0.1) is 19.0 Å². The van der Waals surface area contributed by atoms with Gasteiger partial charge in [-0.05, 0) is 25.1 Å². The van der Waals surface area contributed by atoms with Gasteiger partial charge in [-0.25, -0.2) is 4.99 Å². The molecule has 140 valence electrons. The molecule has 28 heavy (non-hydrogen) atoms. The molecule has 0 spiro atoms. The van der Waals surface area contributed by atoms with Gasteiger partial charge in [0.15, 0.2) is 0 Å². The second-order valence-corrected chi connectivity index (χ2v) is 6.72. The van der Waals surface area contributed by atoms with Crippen LogP contribution in [0.15, 0.2) is 72.0 Å². The number of aryl methyl sites for hydroxylation is 1. The van der Waals surface area contributed by atoms with Gasteiger partial charge in [-0.2, -0.15) is 0 Å². The van der Waals surface area contributed by atoms with E-state index >= 15 is 0 Å². The molecular formula is C23H20N2O3. The van der Waals surface area contributed by atoms with Gasteiger partial charge < -0.3 is 9.47 Å². The van der Waals surface area contributed by atoms with Crippen molar-refractivity contribution in [1.82, 2.24) is 4.98 Å². The van der Waals surface area contributed by atoms with Crippen molar-refractivity contribution in [2.24, 2.45) is 4.99 Å². The number of aromatic nitrogens is 1. The van der Waals surface area contributed by atoms with Crippen LogP contribution in [0.1, 0.15) is 29.2 Å². The first-order valence-electron chi connectivity index (χ1n) is 8.99. The molecule has 1 aromatic heterocycles. The third-order valence-corrected chi connectivity index (χ3v) is 4.86. The first kappa shape index (κ1) is 17.9. The molecule has 5 nitrogen and oxygen atoms in total. The summed E-state index contributed by atoms with van der Waals surface area (Å²) in [5.74, 6) is 0.337. The zero-order valence-corrected chi connectivity index (χ0v) is 16.0. The second-order valence-electron chi connectivity index (χ2n) is 6.72. The molecule has 1 aliphatic rings. The number of benzene rings is 2. The lowest BCUT2D eigenvalue weighted by atomic mass is 9.81. The van der Waals surface area contributed by atoms with Gasteiger partial charge in [0.2, 0.25) is 5.60 Å². The molecule has 5 heteroatoms. The highest BCUT2D eigenvalue weighted by Crippen LogP contribution is 2.47. The standard InChI is InChI=1S/C23H20N2O3/c1-15-4-6-17(7-5-15)22-23(28-16(2)26,18-8-10-19(27-3)11-9-18)20-12-13-24-14-21(20)25-22/h4-14H,1-3H3. The van der Waals surface area contributed by atoms with Crippen molar-refractivity contribution < 1.29 is 14.3 Å². The van der Waals surface area contributed by atoms with Crippen LogP contribution in [0.2, 0.25) is 0 Å². The maximum absolute atomic E-state index is 12.2. The molecule has 0 saturated carbocycles. The molecular weight excluding hydrogens is 352 g/mol. The molecule has 1 aliphatic heterocycles.